The third-order valence-electron chi connectivity index (χ3n) is 3.30. The lowest BCUT2D eigenvalue weighted by Gasteiger charge is -2.27. The maximum Gasteiger partial charge on any atom is 0.150 e. The molecule has 0 unspecified atom stereocenters. The summed E-state index contributed by atoms with van der Waals surface area (Å²) in [7, 11) is 0. The molecule has 0 fully saturated rings. The number of nitrogens with zero attached hydrogens (tertiary/aromatic N) is 3. The van der Waals surface area contributed by atoms with Gasteiger partial charge >= 0.3 is 0 Å². The molecule has 0 bridgehead atoms. The zero-order valence-electron chi connectivity index (χ0n) is 21.3. The van der Waals surface area contributed by atoms with Crippen LogP contribution in [0, 0.1) is 34.0 Å². The van der Waals surface area contributed by atoms with Crippen molar-refractivity contribution in [2.45, 2.75) is 92.9 Å². The fourth-order valence-electron chi connectivity index (χ4n) is 1.98. The van der Waals surface area contributed by atoms with Gasteiger partial charge in [0.1, 0.15) is 18.5 Å². The predicted molar refractivity (Wildman–Crippen MR) is 136 cm³/mol. The van der Waals surface area contributed by atoms with E-state index in [0.717, 1.165) is 17.4 Å². The summed E-state index contributed by atoms with van der Waals surface area (Å²) in [4.78, 5) is 11.3. The van der Waals surface area contributed by atoms with Crippen LogP contribution in [-0.2, 0) is 10.8 Å². The molecule has 1 aromatic carbocycles. The molecule has 0 atom stereocenters. The van der Waals surface area contributed by atoms with Crippen molar-refractivity contribution < 1.29 is 9.90 Å². The first kappa shape index (κ1) is 36.4. The summed E-state index contributed by atoms with van der Waals surface area (Å²) < 4.78 is 0. The van der Waals surface area contributed by atoms with Crippen LogP contribution < -0.4 is 5.73 Å². The average molecular weight is 461 g/mol. The highest BCUT2D eigenvalue weighted by molar-refractivity contribution is 7.80. The maximum absolute atomic E-state index is 11.0. The van der Waals surface area contributed by atoms with Crippen molar-refractivity contribution in [1.29, 1.82) is 15.8 Å². The molecule has 1 rings (SSSR count). The molecule has 0 heterocycles. The molecule has 6 nitrogen and oxygen atoms in total. The van der Waals surface area contributed by atoms with Crippen molar-refractivity contribution in [3.63, 3.8) is 0 Å². The number of nitriles is 3. The number of hydrogen-bond donors (Lipinski definition) is 2. The standard InChI is InChI=1S/C15H22O2.C3H4N2S.C3H2N2.2C2H6/c1-14(2,3)11-7-10(9-16)8-12(13(11)17)15(4,5)6;4-2-1-3(5)6;4-2-1-3-5;2*1-2/h7-9,17H,1-6H3;1H2,(H2,5,6);1H2;2*1-2H3. The number of hydrogen-bond acceptors (Lipinski definition) is 6. The summed E-state index contributed by atoms with van der Waals surface area (Å²) in [6.07, 6.45) is 1.03. The van der Waals surface area contributed by atoms with Crippen molar-refractivity contribution in [3.05, 3.63) is 28.8 Å². The van der Waals surface area contributed by atoms with Gasteiger partial charge in [-0.25, -0.2) is 0 Å². The van der Waals surface area contributed by atoms with Gasteiger partial charge in [0.2, 0.25) is 0 Å². The Bertz CT molecular complexity index is 753. The summed E-state index contributed by atoms with van der Waals surface area (Å²) in [6.45, 7) is 20.2. The largest absolute Gasteiger partial charge is 0.507 e. The Labute approximate surface area is 200 Å². The molecule has 3 N–H and O–H groups in total. The van der Waals surface area contributed by atoms with Gasteiger partial charge < -0.3 is 10.8 Å². The van der Waals surface area contributed by atoms with Crippen LogP contribution in [0.4, 0.5) is 0 Å². The summed E-state index contributed by atoms with van der Waals surface area (Å²) >= 11 is 4.35. The molecule has 32 heavy (non-hydrogen) atoms. The van der Waals surface area contributed by atoms with Crippen LogP contribution in [-0.4, -0.2) is 16.4 Å². The van der Waals surface area contributed by atoms with Gasteiger partial charge in [0.25, 0.3) is 0 Å². The van der Waals surface area contributed by atoms with E-state index in [9.17, 15) is 9.90 Å². The van der Waals surface area contributed by atoms with E-state index in [1.165, 1.54) is 0 Å². The second-order valence-electron chi connectivity index (χ2n) is 7.88. The number of thiocarbonyl (C=S) groups is 1. The van der Waals surface area contributed by atoms with E-state index in [2.05, 4.69) is 12.2 Å². The van der Waals surface area contributed by atoms with Crippen LogP contribution in [0.1, 0.15) is 104 Å². The molecular weight excluding hydrogens is 420 g/mol. The molecule has 0 aliphatic heterocycles. The first-order chi connectivity index (χ1) is 14.8. The smallest absolute Gasteiger partial charge is 0.150 e. The quantitative estimate of drug-likeness (QED) is 0.381. The molecular formula is C25H40N4O2S. The number of benzene rings is 1. The number of aromatic hydroxyl groups is 1. The van der Waals surface area contributed by atoms with Gasteiger partial charge in [0.15, 0.2) is 0 Å². The summed E-state index contributed by atoms with van der Waals surface area (Å²) in [5.41, 5.74) is 6.83. The maximum atomic E-state index is 11.0. The highest BCUT2D eigenvalue weighted by atomic mass is 32.1. The van der Waals surface area contributed by atoms with Crippen LogP contribution >= 0.6 is 12.2 Å². The van der Waals surface area contributed by atoms with Crippen LogP contribution in [0.2, 0.25) is 0 Å². The number of aldehydes is 1. The van der Waals surface area contributed by atoms with Crippen LogP contribution in [0.25, 0.3) is 0 Å². The number of carbonyl (C=O) groups excluding carboxylic acids is 1. The zero-order valence-corrected chi connectivity index (χ0v) is 22.1. The van der Waals surface area contributed by atoms with Crippen molar-refractivity contribution in [2.24, 2.45) is 5.73 Å². The lowest BCUT2D eigenvalue weighted by molar-refractivity contribution is 0.112. The number of phenolic OH excluding ortho intramolecular Hbond substituents is 1. The molecule has 0 radical (unpaired) electrons. The Kier molecular flexibility index (Phi) is 22.7. The SMILES string of the molecule is CC.CC.CC(C)(C)c1cc(C=O)cc(C(C)(C)C)c1O.N#CCC#N.N#CCC(N)=S. The molecule has 0 saturated heterocycles. The molecule has 0 aliphatic carbocycles. The van der Waals surface area contributed by atoms with Gasteiger partial charge in [-0.2, -0.15) is 15.8 Å². The molecule has 178 valence electrons. The van der Waals surface area contributed by atoms with Crippen LogP contribution in [0.5, 0.6) is 5.75 Å². The van der Waals surface area contributed by atoms with Crippen molar-refractivity contribution in [2.75, 3.05) is 0 Å². The van der Waals surface area contributed by atoms with Crippen molar-refractivity contribution >= 4 is 23.5 Å². The Morgan fingerprint density at radius 2 is 1.28 bits per heavy atom. The number of nitrogens with two attached hydrogens (primary N) is 1. The van der Waals surface area contributed by atoms with Gasteiger partial charge in [-0.05, 0) is 23.0 Å². The number of rotatable bonds is 2. The van der Waals surface area contributed by atoms with Crippen molar-refractivity contribution in [3.8, 4) is 24.0 Å². The summed E-state index contributed by atoms with van der Waals surface area (Å²) in [5, 5.41) is 33.4. The van der Waals surface area contributed by atoms with Crippen LogP contribution in [0.3, 0.4) is 0 Å². The third-order valence-corrected chi connectivity index (χ3v) is 3.44. The predicted octanol–water partition coefficient (Wildman–Crippen LogP) is 6.46. The molecule has 0 aliphatic rings. The minimum absolute atomic E-state index is 0. The van der Waals surface area contributed by atoms with Gasteiger partial charge in [-0.1, -0.05) is 81.5 Å². The van der Waals surface area contributed by atoms with Gasteiger partial charge in [0.05, 0.1) is 29.6 Å². The molecule has 7 heteroatoms. The van der Waals surface area contributed by atoms with E-state index in [1.54, 1.807) is 30.3 Å². The topological polar surface area (TPSA) is 135 Å². The Morgan fingerprint density at radius 3 is 1.41 bits per heavy atom. The zero-order chi connectivity index (χ0) is 26.5. The van der Waals surface area contributed by atoms with Crippen molar-refractivity contribution in [1.82, 2.24) is 0 Å². The minimum atomic E-state index is -0.177. The van der Waals surface area contributed by atoms with E-state index >= 15 is 0 Å². The normalized spacial score (nSPS) is 8.97. The van der Waals surface area contributed by atoms with E-state index in [-0.39, 0.29) is 28.7 Å². The Balaban J connectivity index is -0.000000216. The van der Waals surface area contributed by atoms with E-state index < -0.39 is 0 Å². The average Bonchev–Trinajstić information content (AvgIpc) is 2.71. The number of carbonyl (C=O) groups is 1. The lowest BCUT2D eigenvalue weighted by Crippen LogP contribution is -2.17. The van der Waals surface area contributed by atoms with E-state index in [1.807, 2.05) is 69.2 Å². The third kappa shape index (κ3) is 17.9. The summed E-state index contributed by atoms with van der Waals surface area (Å²) in [6, 6.07) is 8.66. The minimum Gasteiger partial charge on any atom is -0.507 e. The fourth-order valence-corrected chi connectivity index (χ4v) is 2.05. The second kappa shape index (κ2) is 20.0. The first-order valence-corrected chi connectivity index (χ1v) is 10.9. The highest BCUT2D eigenvalue weighted by Crippen LogP contribution is 2.39. The van der Waals surface area contributed by atoms with Gasteiger partial charge in [-0.3, -0.25) is 4.79 Å². The molecule has 0 spiro atoms. The molecule has 0 amide bonds. The second-order valence-corrected chi connectivity index (χ2v) is 8.40. The Morgan fingerprint density at radius 1 is 0.938 bits per heavy atom. The molecule has 0 aromatic heterocycles. The molecule has 0 saturated carbocycles. The number of phenols is 1. The monoisotopic (exact) mass is 460 g/mol. The Hall–Kier alpha value is -2.95. The highest BCUT2D eigenvalue weighted by Gasteiger charge is 2.26. The lowest BCUT2D eigenvalue weighted by atomic mass is 9.78. The van der Waals surface area contributed by atoms with E-state index in [0.29, 0.717) is 11.3 Å². The first-order valence-electron chi connectivity index (χ1n) is 10.5. The van der Waals surface area contributed by atoms with Crippen LogP contribution in [0.15, 0.2) is 12.1 Å². The van der Waals surface area contributed by atoms with Gasteiger partial charge in [0, 0.05) is 16.7 Å². The summed E-state index contributed by atoms with van der Waals surface area (Å²) in [5.74, 6) is 0.315. The molecule has 1 aromatic rings. The fraction of sp³-hybridized carbons (Fsp3) is 0.560. The van der Waals surface area contributed by atoms with E-state index in [4.69, 9.17) is 21.5 Å². The van der Waals surface area contributed by atoms with Gasteiger partial charge in [-0.15, -0.1) is 0 Å².